The third-order valence-electron chi connectivity index (χ3n) is 1.66. The van der Waals surface area contributed by atoms with Crippen molar-refractivity contribution in [3.63, 3.8) is 0 Å². The van der Waals surface area contributed by atoms with Crippen LogP contribution in [0, 0.1) is 11.8 Å². The van der Waals surface area contributed by atoms with Gasteiger partial charge in [-0.25, -0.2) is 0 Å². The maximum Gasteiger partial charge on any atom is 0.193 e. The minimum atomic E-state index is 0.617. The van der Waals surface area contributed by atoms with E-state index in [-0.39, 0.29) is 0 Å². The Bertz CT molecular complexity index is 328. The number of hydrogen-bond donors (Lipinski definition) is 0. The first kappa shape index (κ1) is 8.55. The van der Waals surface area contributed by atoms with E-state index in [9.17, 15) is 4.79 Å². The number of rotatable bonds is 1. The third-order valence-corrected chi connectivity index (χ3v) is 1.66. The topological polar surface area (TPSA) is 17.1 Å². The van der Waals surface area contributed by atoms with E-state index >= 15 is 0 Å². The number of benzene rings is 1. The van der Waals surface area contributed by atoms with E-state index in [0.29, 0.717) is 6.29 Å². The first-order chi connectivity index (χ1) is 5.88. The molecule has 0 aliphatic heterocycles. The zero-order valence-corrected chi connectivity index (χ0v) is 7.00. The van der Waals surface area contributed by atoms with E-state index in [0.717, 1.165) is 12.0 Å². The van der Waals surface area contributed by atoms with E-state index in [4.69, 9.17) is 0 Å². The lowest BCUT2D eigenvalue weighted by atomic mass is 10.1. The number of aldehydes is 1. The van der Waals surface area contributed by atoms with Crippen LogP contribution in [-0.4, -0.2) is 6.29 Å². The molecule has 0 saturated heterocycles. The van der Waals surface area contributed by atoms with Crippen LogP contribution in [0.4, 0.5) is 0 Å². The summed E-state index contributed by atoms with van der Waals surface area (Å²) in [5, 5.41) is 0. The average Bonchev–Trinajstić information content (AvgIpc) is 2.15. The van der Waals surface area contributed by atoms with E-state index in [1.165, 1.54) is 5.56 Å². The van der Waals surface area contributed by atoms with E-state index < -0.39 is 0 Å². The first-order valence-corrected chi connectivity index (χ1v) is 3.91. The van der Waals surface area contributed by atoms with Gasteiger partial charge in [0.15, 0.2) is 6.29 Å². The van der Waals surface area contributed by atoms with Crippen molar-refractivity contribution in [1.82, 2.24) is 0 Å². The van der Waals surface area contributed by atoms with Crippen LogP contribution in [0.25, 0.3) is 0 Å². The molecule has 1 aromatic carbocycles. The Kier molecular flexibility index (Phi) is 3.10. The molecule has 0 atom stereocenters. The van der Waals surface area contributed by atoms with E-state index in [2.05, 4.69) is 18.8 Å². The molecule has 0 radical (unpaired) electrons. The second-order valence-corrected chi connectivity index (χ2v) is 2.40. The number of carbonyl (C=O) groups is 1. The van der Waals surface area contributed by atoms with Gasteiger partial charge in [-0.15, -0.1) is 0 Å². The summed E-state index contributed by atoms with van der Waals surface area (Å²) in [6, 6.07) is 7.85. The quantitative estimate of drug-likeness (QED) is 0.450. The van der Waals surface area contributed by atoms with Crippen LogP contribution in [0.2, 0.25) is 0 Å². The van der Waals surface area contributed by atoms with Gasteiger partial charge in [-0.3, -0.25) is 4.79 Å². The Morgan fingerprint density at radius 3 is 2.83 bits per heavy atom. The fourth-order valence-corrected chi connectivity index (χ4v) is 1.06. The standard InChI is InChI=1S/C11H10O/c1-2-10-6-3-4-7-11(10)8-5-9-12/h3-4,6-7,9H,2H2,1H3. The molecule has 12 heavy (non-hydrogen) atoms. The van der Waals surface area contributed by atoms with Crippen molar-refractivity contribution in [2.24, 2.45) is 0 Å². The van der Waals surface area contributed by atoms with Crippen molar-refractivity contribution in [1.29, 1.82) is 0 Å². The summed E-state index contributed by atoms with van der Waals surface area (Å²) in [5.41, 5.74) is 2.14. The molecule has 0 aliphatic rings. The lowest BCUT2D eigenvalue weighted by Crippen LogP contribution is -1.85. The van der Waals surface area contributed by atoms with Crippen molar-refractivity contribution in [2.45, 2.75) is 13.3 Å². The van der Waals surface area contributed by atoms with Crippen molar-refractivity contribution in [2.75, 3.05) is 0 Å². The summed E-state index contributed by atoms with van der Waals surface area (Å²) in [5.74, 6) is 5.20. The third kappa shape index (κ3) is 1.96. The highest BCUT2D eigenvalue weighted by Gasteiger charge is 1.93. The molecule has 0 heterocycles. The van der Waals surface area contributed by atoms with Gasteiger partial charge in [0.05, 0.1) is 0 Å². The molecular formula is C11H10O. The predicted octanol–water partition coefficient (Wildman–Crippen LogP) is 1.80. The summed E-state index contributed by atoms with van der Waals surface area (Å²) in [6.07, 6.45) is 1.57. The second-order valence-electron chi connectivity index (χ2n) is 2.40. The maximum atomic E-state index is 10.0. The summed E-state index contributed by atoms with van der Waals surface area (Å²) in [6.45, 7) is 2.07. The molecule has 1 nitrogen and oxygen atoms in total. The largest absolute Gasteiger partial charge is 0.289 e. The van der Waals surface area contributed by atoms with Gasteiger partial charge in [-0.2, -0.15) is 0 Å². The van der Waals surface area contributed by atoms with Gasteiger partial charge in [0.2, 0.25) is 0 Å². The summed E-state index contributed by atoms with van der Waals surface area (Å²) >= 11 is 0. The highest BCUT2D eigenvalue weighted by Crippen LogP contribution is 2.06. The van der Waals surface area contributed by atoms with Crippen molar-refractivity contribution >= 4 is 6.29 Å². The molecule has 0 aliphatic carbocycles. The lowest BCUT2D eigenvalue weighted by molar-refractivity contribution is -0.103. The molecule has 0 spiro atoms. The van der Waals surface area contributed by atoms with Crippen molar-refractivity contribution in [3.05, 3.63) is 35.4 Å². The number of carbonyl (C=O) groups excluding carboxylic acids is 1. The molecule has 0 N–H and O–H groups in total. The molecule has 1 heteroatoms. The van der Waals surface area contributed by atoms with Crippen molar-refractivity contribution < 1.29 is 4.79 Å². The van der Waals surface area contributed by atoms with Gasteiger partial charge in [0.25, 0.3) is 0 Å². The van der Waals surface area contributed by atoms with Gasteiger partial charge in [0, 0.05) is 5.56 Å². The summed E-state index contributed by atoms with van der Waals surface area (Å²) in [4.78, 5) is 10.0. The molecule has 1 aromatic rings. The fraction of sp³-hybridized carbons (Fsp3) is 0.182. The monoisotopic (exact) mass is 158 g/mol. The van der Waals surface area contributed by atoms with Gasteiger partial charge < -0.3 is 0 Å². The Morgan fingerprint density at radius 2 is 2.17 bits per heavy atom. The second kappa shape index (κ2) is 4.35. The highest BCUT2D eigenvalue weighted by atomic mass is 16.1. The maximum absolute atomic E-state index is 10.0. The molecule has 0 saturated carbocycles. The fourth-order valence-electron chi connectivity index (χ4n) is 1.06. The Balaban J connectivity index is 3.04. The van der Waals surface area contributed by atoms with Crippen LogP contribution in [0.1, 0.15) is 18.1 Å². The van der Waals surface area contributed by atoms with E-state index in [1.54, 1.807) is 0 Å². The zero-order valence-electron chi connectivity index (χ0n) is 7.00. The zero-order chi connectivity index (χ0) is 8.81. The predicted molar refractivity (Wildman–Crippen MR) is 48.8 cm³/mol. The SMILES string of the molecule is CCc1ccccc1C#CC=O. The lowest BCUT2D eigenvalue weighted by Gasteiger charge is -1.98. The Labute approximate surface area is 72.4 Å². The smallest absolute Gasteiger partial charge is 0.193 e. The average molecular weight is 158 g/mol. The summed E-state index contributed by atoms with van der Waals surface area (Å²) in [7, 11) is 0. The van der Waals surface area contributed by atoms with Crippen LogP contribution in [0.5, 0.6) is 0 Å². The highest BCUT2D eigenvalue weighted by molar-refractivity contribution is 5.74. The van der Waals surface area contributed by atoms with Crippen LogP contribution in [0.15, 0.2) is 24.3 Å². The molecule has 0 bridgehead atoms. The number of hydrogen-bond acceptors (Lipinski definition) is 1. The van der Waals surface area contributed by atoms with Crippen LogP contribution >= 0.6 is 0 Å². The molecule has 60 valence electrons. The molecule has 0 amide bonds. The summed E-state index contributed by atoms with van der Waals surface area (Å²) < 4.78 is 0. The number of aryl methyl sites for hydroxylation is 1. The van der Waals surface area contributed by atoms with Gasteiger partial charge in [-0.05, 0) is 24.0 Å². The normalized spacial score (nSPS) is 8.42. The molecule has 1 rings (SSSR count). The molecule has 0 unspecified atom stereocenters. The van der Waals surface area contributed by atoms with Gasteiger partial charge >= 0.3 is 0 Å². The van der Waals surface area contributed by atoms with Crippen LogP contribution in [0.3, 0.4) is 0 Å². The molecule has 0 fully saturated rings. The Hall–Kier alpha value is -1.55. The van der Waals surface area contributed by atoms with Crippen LogP contribution in [-0.2, 0) is 11.2 Å². The van der Waals surface area contributed by atoms with Crippen molar-refractivity contribution in [3.8, 4) is 11.8 Å². The van der Waals surface area contributed by atoms with Gasteiger partial charge in [0.1, 0.15) is 0 Å². The minimum absolute atomic E-state index is 0.617. The van der Waals surface area contributed by atoms with Gasteiger partial charge in [-0.1, -0.05) is 31.0 Å². The van der Waals surface area contributed by atoms with Crippen LogP contribution < -0.4 is 0 Å². The minimum Gasteiger partial charge on any atom is -0.289 e. The molecule has 0 aromatic heterocycles. The molecular weight excluding hydrogens is 148 g/mol. The van der Waals surface area contributed by atoms with E-state index in [1.807, 2.05) is 24.3 Å². The Morgan fingerprint density at radius 1 is 1.42 bits per heavy atom. The first-order valence-electron chi connectivity index (χ1n) is 3.91.